The molecule has 0 aliphatic carbocycles. The van der Waals surface area contributed by atoms with E-state index in [1.807, 2.05) is 0 Å². The molecule has 5 heteroatoms. The van der Waals surface area contributed by atoms with Gasteiger partial charge in [0.15, 0.2) is 23.9 Å². The zero-order valence-corrected chi connectivity index (χ0v) is 10.8. The maximum atomic E-state index is 11.8. The second-order valence-electron chi connectivity index (χ2n) is 4.32. The Kier molecular flexibility index (Phi) is 3.85. The van der Waals surface area contributed by atoms with Crippen molar-refractivity contribution in [3.05, 3.63) is 35.4 Å². The van der Waals surface area contributed by atoms with Crippen molar-refractivity contribution < 1.29 is 23.8 Å². The largest absolute Gasteiger partial charge is 0.454 e. The van der Waals surface area contributed by atoms with Gasteiger partial charge < -0.3 is 14.2 Å². The summed E-state index contributed by atoms with van der Waals surface area (Å²) < 4.78 is 15.2. The van der Waals surface area contributed by atoms with Gasteiger partial charge >= 0.3 is 5.97 Å². The molecule has 0 radical (unpaired) electrons. The number of Topliss-reactive ketones (excluding diaryl/α,β-unsaturated/α-hetero) is 1. The molecule has 0 aromatic heterocycles. The van der Waals surface area contributed by atoms with Crippen molar-refractivity contribution in [2.24, 2.45) is 0 Å². The fourth-order valence-electron chi connectivity index (χ4n) is 1.57. The number of fused-ring (bicyclic) bond motifs is 1. The number of hydrogen-bond donors (Lipinski definition) is 0. The number of hydrogen-bond acceptors (Lipinski definition) is 5. The lowest BCUT2D eigenvalue weighted by atomic mass is 10.1. The number of benzene rings is 1. The van der Waals surface area contributed by atoms with Gasteiger partial charge in [0.2, 0.25) is 6.79 Å². The fraction of sp³-hybridized carbons (Fsp3) is 0.286. The molecular weight excluding hydrogens is 248 g/mol. The Hall–Kier alpha value is -2.30. The summed E-state index contributed by atoms with van der Waals surface area (Å²) in [6.07, 6.45) is 1.34. The van der Waals surface area contributed by atoms with Crippen LogP contribution in [-0.4, -0.2) is 25.2 Å². The van der Waals surface area contributed by atoms with E-state index in [2.05, 4.69) is 0 Å². The van der Waals surface area contributed by atoms with Crippen LogP contribution in [0.25, 0.3) is 0 Å². The van der Waals surface area contributed by atoms with Crippen LogP contribution in [0.4, 0.5) is 0 Å². The molecule has 0 fully saturated rings. The Labute approximate surface area is 110 Å². The van der Waals surface area contributed by atoms with Gasteiger partial charge in [0, 0.05) is 11.6 Å². The van der Waals surface area contributed by atoms with Crippen LogP contribution in [0.5, 0.6) is 11.5 Å². The van der Waals surface area contributed by atoms with Crippen molar-refractivity contribution in [2.75, 3.05) is 13.4 Å². The van der Waals surface area contributed by atoms with Crippen LogP contribution in [0, 0.1) is 0 Å². The summed E-state index contributed by atoms with van der Waals surface area (Å²) in [7, 11) is 0. The molecule has 19 heavy (non-hydrogen) atoms. The molecule has 0 N–H and O–H groups in total. The van der Waals surface area contributed by atoms with E-state index in [4.69, 9.17) is 14.2 Å². The van der Waals surface area contributed by atoms with Gasteiger partial charge in [-0.25, -0.2) is 4.79 Å². The Morgan fingerprint density at radius 3 is 2.74 bits per heavy atom. The minimum absolute atomic E-state index is 0.155. The number of carbonyl (C=O) groups excluding carboxylic acids is 2. The summed E-state index contributed by atoms with van der Waals surface area (Å²) in [4.78, 5) is 23.1. The quantitative estimate of drug-likeness (QED) is 0.472. The second-order valence-corrected chi connectivity index (χ2v) is 4.32. The summed E-state index contributed by atoms with van der Waals surface area (Å²) >= 11 is 0. The Morgan fingerprint density at radius 2 is 2.00 bits per heavy atom. The third-order valence-corrected chi connectivity index (χ3v) is 2.45. The van der Waals surface area contributed by atoms with Gasteiger partial charge in [0.1, 0.15) is 0 Å². The van der Waals surface area contributed by atoms with Gasteiger partial charge in [-0.2, -0.15) is 0 Å². The molecule has 0 amide bonds. The van der Waals surface area contributed by atoms with E-state index >= 15 is 0 Å². The first-order valence-electron chi connectivity index (χ1n) is 5.81. The summed E-state index contributed by atoms with van der Waals surface area (Å²) in [5.74, 6) is 0.336. The van der Waals surface area contributed by atoms with Crippen LogP contribution in [-0.2, 0) is 9.53 Å². The van der Waals surface area contributed by atoms with Crippen LogP contribution in [0.2, 0.25) is 0 Å². The first-order chi connectivity index (χ1) is 9.06. The smallest absolute Gasteiger partial charge is 0.331 e. The molecule has 0 atom stereocenters. The van der Waals surface area contributed by atoms with Gasteiger partial charge in [0.25, 0.3) is 0 Å². The molecule has 1 heterocycles. The second kappa shape index (κ2) is 5.56. The van der Waals surface area contributed by atoms with Crippen molar-refractivity contribution in [1.82, 2.24) is 0 Å². The van der Waals surface area contributed by atoms with Crippen LogP contribution < -0.4 is 9.47 Å². The van der Waals surface area contributed by atoms with E-state index in [1.165, 1.54) is 6.08 Å². The SMILES string of the molecule is CC(C)=CC(=O)OCC(=O)c1ccc2c(c1)OCO2. The van der Waals surface area contributed by atoms with Gasteiger partial charge in [0.05, 0.1) is 0 Å². The predicted octanol–water partition coefficient (Wildman–Crippen LogP) is 2.11. The van der Waals surface area contributed by atoms with Crippen molar-refractivity contribution in [2.45, 2.75) is 13.8 Å². The molecule has 0 spiro atoms. The predicted molar refractivity (Wildman–Crippen MR) is 67.3 cm³/mol. The molecule has 1 aliphatic heterocycles. The maximum absolute atomic E-state index is 11.8. The molecule has 0 bridgehead atoms. The van der Waals surface area contributed by atoms with E-state index in [1.54, 1.807) is 32.0 Å². The number of ketones is 1. The minimum Gasteiger partial charge on any atom is -0.454 e. The molecule has 2 rings (SSSR count). The first-order valence-corrected chi connectivity index (χ1v) is 5.81. The minimum atomic E-state index is -0.519. The number of allylic oxidation sites excluding steroid dienone is 1. The summed E-state index contributed by atoms with van der Waals surface area (Å²) in [5, 5.41) is 0. The average molecular weight is 262 g/mol. The highest BCUT2D eigenvalue weighted by molar-refractivity contribution is 5.99. The van der Waals surface area contributed by atoms with Crippen LogP contribution in [0.3, 0.4) is 0 Å². The monoisotopic (exact) mass is 262 g/mol. The zero-order chi connectivity index (χ0) is 13.8. The van der Waals surface area contributed by atoms with Crippen molar-refractivity contribution in [3.63, 3.8) is 0 Å². The first kappa shape index (κ1) is 13.1. The van der Waals surface area contributed by atoms with Crippen LogP contribution >= 0.6 is 0 Å². The highest BCUT2D eigenvalue weighted by Gasteiger charge is 2.16. The highest BCUT2D eigenvalue weighted by atomic mass is 16.7. The molecule has 5 nitrogen and oxygen atoms in total. The standard InChI is InChI=1S/C14H14O5/c1-9(2)5-14(16)17-7-11(15)10-3-4-12-13(6-10)19-8-18-12/h3-6H,7-8H2,1-2H3. The van der Waals surface area contributed by atoms with Gasteiger partial charge in [-0.3, -0.25) is 4.79 Å². The number of rotatable bonds is 4. The topological polar surface area (TPSA) is 61.8 Å². The van der Waals surface area contributed by atoms with E-state index in [0.717, 1.165) is 5.57 Å². The third kappa shape index (κ3) is 3.34. The normalized spacial score (nSPS) is 11.9. The fourth-order valence-corrected chi connectivity index (χ4v) is 1.57. The average Bonchev–Trinajstić information content (AvgIpc) is 2.82. The zero-order valence-electron chi connectivity index (χ0n) is 10.8. The number of esters is 1. The van der Waals surface area contributed by atoms with Crippen molar-refractivity contribution in [3.8, 4) is 11.5 Å². The highest BCUT2D eigenvalue weighted by Crippen LogP contribution is 2.32. The molecule has 0 unspecified atom stereocenters. The lowest BCUT2D eigenvalue weighted by Crippen LogP contribution is -2.12. The third-order valence-electron chi connectivity index (χ3n) is 2.45. The molecular formula is C14H14O5. The van der Waals surface area contributed by atoms with Crippen molar-refractivity contribution >= 4 is 11.8 Å². The summed E-state index contributed by atoms with van der Waals surface area (Å²) in [5.41, 5.74) is 1.25. The molecule has 1 aromatic rings. The Bertz CT molecular complexity index is 541. The van der Waals surface area contributed by atoms with E-state index in [-0.39, 0.29) is 19.2 Å². The summed E-state index contributed by atoms with van der Waals surface area (Å²) in [6.45, 7) is 3.42. The summed E-state index contributed by atoms with van der Waals surface area (Å²) in [6, 6.07) is 4.86. The van der Waals surface area contributed by atoms with E-state index < -0.39 is 5.97 Å². The number of carbonyl (C=O) groups is 2. The molecule has 100 valence electrons. The van der Waals surface area contributed by atoms with E-state index in [0.29, 0.717) is 17.1 Å². The maximum Gasteiger partial charge on any atom is 0.331 e. The van der Waals surface area contributed by atoms with Crippen LogP contribution in [0.1, 0.15) is 24.2 Å². The lowest BCUT2D eigenvalue weighted by Gasteiger charge is -2.03. The van der Waals surface area contributed by atoms with Crippen molar-refractivity contribution in [1.29, 1.82) is 0 Å². The molecule has 1 aliphatic rings. The van der Waals surface area contributed by atoms with Gasteiger partial charge in [-0.05, 0) is 32.0 Å². The number of ether oxygens (including phenoxy) is 3. The van der Waals surface area contributed by atoms with E-state index in [9.17, 15) is 9.59 Å². The van der Waals surface area contributed by atoms with Gasteiger partial charge in [-0.15, -0.1) is 0 Å². The Balaban J connectivity index is 1.97. The lowest BCUT2D eigenvalue weighted by molar-refractivity contribution is -0.136. The molecule has 0 saturated heterocycles. The Morgan fingerprint density at radius 1 is 1.26 bits per heavy atom. The van der Waals surface area contributed by atoms with Gasteiger partial charge in [-0.1, -0.05) is 5.57 Å². The molecule has 1 aromatic carbocycles. The van der Waals surface area contributed by atoms with Crippen LogP contribution in [0.15, 0.2) is 29.8 Å². The molecule has 0 saturated carbocycles.